The molecule has 0 amide bonds. The van der Waals surface area contributed by atoms with Crippen molar-refractivity contribution in [3.8, 4) is 0 Å². The van der Waals surface area contributed by atoms with E-state index in [9.17, 15) is 0 Å². The summed E-state index contributed by atoms with van der Waals surface area (Å²) in [5.74, 6) is 0. The van der Waals surface area contributed by atoms with Crippen LogP contribution in [0.15, 0.2) is 0 Å². The van der Waals surface area contributed by atoms with Crippen molar-refractivity contribution in [1.29, 1.82) is 0 Å². The van der Waals surface area contributed by atoms with Crippen LogP contribution >= 0.6 is 0 Å². The Hall–Kier alpha value is 1.57. The van der Waals surface area contributed by atoms with Crippen LogP contribution in [0.25, 0.3) is 10.6 Å². The van der Waals surface area contributed by atoms with Gasteiger partial charge in [0.25, 0.3) is 0 Å². The second kappa shape index (κ2) is 16.6. The molecule has 0 atom stereocenters. The zero-order chi connectivity index (χ0) is 10.8. The molecule has 0 unspecified atom stereocenters. The number of nitrogens with zero attached hydrogens (tertiary/aromatic N) is 3. The molecule has 0 aliphatic carbocycles. The second-order valence-corrected chi connectivity index (χ2v) is 4.05. The fourth-order valence-corrected chi connectivity index (χ4v) is 1.30. The maximum atomic E-state index is 4.45. The Balaban J connectivity index is -0.000000845. The molecule has 3 nitrogen and oxygen atoms in total. The van der Waals surface area contributed by atoms with Gasteiger partial charge in [-0.2, -0.15) is 7.05 Å². The van der Waals surface area contributed by atoms with Crippen molar-refractivity contribution in [3.05, 3.63) is 10.6 Å². The molecule has 0 N–H and O–H groups in total. The molecule has 94 valence electrons. The Morgan fingerprint density at radius 3 is 2.00 bits per heavy atom. The van der Waals surface area contributed by atoms with Crippen LogP contribution in [0.1, 0.15) is 26.7 Å². The fourth-order valence-electron chi connectivity index (χ4n) is 1.30. The third kappa shape index (κ3) is 17.9. The van der Waals surface area contributed by atoms with Gasteiger partial charge in [0, 0.05) is 51.3 Å². The standard InChI is InChI=1S/C11H25N3.V.Y/c1-11(2)13-8-6-10-14(4)9-5-7-12-3;;/h11H,5-10H2,1-4H3;;/q-2;;. The predicted molar refractivity (Wildman–Crippen MR) is 64.2 cm³/mol. The van der Waals surface area contributed by atoms with Gasteiger partial charge in [0.1, 0.15) is 0 Å². The summed E-state index contributed by atoms with van der Waals surface area (Å²) in [4.78, 5) is 2.36. The van der Waals surface area contributed by atoms with Gasteiger partial charge in [-0.3, -0.25) is 0 Å². The van der Waals surface area contributed by atoms with E-state index < -0.39 is 0 Å². The molecule has 5 heteroatoms. The summed E-state index contributed by atoms with van der Waals surface area (Å²) in [6.45, 7) is 8.55. The van der Waals surface area contributed by atoms with Crippen molar-refractivity contribution >= 4 is 0 Å². The first-order chi connectivity index (χ1) is 6.66. The smallest absolute Gasteiger partial charge is 0 e. The normalized spacial score (nSPS) is 10.1. The van der Waals surface area contributed by atoms with Gasteiger partial charge in [0.05, 0.1) is 0 Å². The van der Waals surface area contributed by atoms with E-state index >= 15 is 0 Å². The summed E-state index contributed by atoms with van der Waals surface area (Å²) in [6.07, 6.45) is 2.35. The van der Waals surface area contributed by atoms with Crippen molar-refractivity contribution < 1.29 is 51.3 Å². The van der Waals surface area contributed by atoms with E-state index in [4.69, 9.17) is 0 Å². The third-order valence-corrected chi connectivity index (χ3v) is 2.11. The van der Waals surface area contributed by atoms with E-state index in [0.717, 1.165) is 26.2 Å². The molecule has 0 aliphatic rings. The fraction of sp³-hybridized carbons (Fsp3) is 1.00. The van der Waals surface area contributed by atoms with E-state index in [0.29, 0.717) is 6.04 Å². The molecule has 0 bridgehead atoms. The summed E-state index contributed by atoms with van der Waals surface area (Å²) in [5, 5.41) is 8.53. The van der Waals surface area contributed by atoms with Crippen molar-refractivity contribution in [1.82, 2.24) is 4.90 Å². The van der Waals surface area contributed by atoms with Crippen LogP contribution in [0.2, 0.25) is 0 Å². The largest absolute Gasteiger partial charge is 0.665 e. The molecule has 0 spiro atoms. The van der Waals surface area contributed by atoms with Gasteiger partial charge in [0.2, 0.25) is 0 Å². The molecular weight excluding hydrogens is 314 g/mol. The van der Waals surface area contributed by atoms with E-state index in [-0.39, 0.29) is 51.3 Å². The minimum atomic E-state index is 0. The van der Waals surface area contributed by atoms with Gasteiger partial charge in [0.15, 0.2) is 0 Å². The topological polar surface area (TPSA) is 31.4 Å². The van der Waals surface area contributed by atoms with Crippen molar-refractivity contribution in [2.75, 3.05) is 40.3 Å². The first kappa shape index (κ1) is 22.7. The number of hydrogen-bond acceptors (Lipinski definition) is 1. The third-order valence-electron chi connectivity index (χ3n) is 2.11. The number of rotatable bonds is 9. The van der Waals surface area contributed by atoms with Crippen LogP contribution in [-0.4, -0.2) is 51.2 Å². The second-order valence-electron chi connectivity index (χ2n) is 4.05. The molecule has 0 saturated heterocycles. The molecule has 0 saturated carbocycles. The van der Waals surface area contributed by atoms with Crippen molar-refractivity contribution in [3.63, 3.8) is 0 Å². The first-order valence-corrected chi connectivity index (χ1v) is 5.57. The van der Waals surface area contributed by atoms with Gasteiger partial charge < -0.3 is 15.5 Å². The molecular formula is C11H25N3VY-2. The molecule has 0 heterocycles. The molecule has 0 aliphatic heterocycles. The Bertz CT molecular complexity index is 126. The maximum absolute atomic E-state index is 4.45. The quantitative estimate of drug-likeness (QED) is 0.594. The van der Waals surface area contributed by atoms with E-state index in [2.05, 4.69) is 36.4 Å². The zero-order valence-corrected chi connectivity index (χ0v) is 15.4. The molecule has 0 rings (SSSR count). The van der Waals surface area contributed by atoms with Crippen molar-refractivity contribution in [2.24, 2.45) is 0 Å². The molecule has 0 aromatic carbocycles. The van der Waals surface area contributed by atoms with Crippen LogP contribution in [0.4, 0.5) is 0 Å². The van der Waals surface area contributed by atoms with E-state index in [1.807, 2.05) is 7.05 Å². The Morgan fingerprint density at radius 2 is 1.56 bits per heavy atom. The molecule has 2 radical (unpaired) electrons. The molecule has 0 fully saturated rings. The van der Waals surface area contributed by atoms with Crippen LogP contribution in [0, 0.1) is 0 Å². The SMILES string of the molecule is C[N-]CCCN(C)CCC[N-]C(C)C.[V].[Y]. The van der Waals surface area contributed by atoms with Crippen molar-refractivity contribution in [2.45, 2.75) is 32.7 Å². The Morgan fingerprint density at radius 1 is 1.06 bits per heavy atom. The maximum Gasteiger partial charge on any atom is 0 e. The van der Waals surface area contributed by atoms with Gasteiger partial charge in [-0.15, -0.1) is 19.1 Å². The van der Waals surface area contributed by atoms with E-state index in [1.165, 1.54) is 12.8 Å². The molecule has 0 aromatic rings. The van der Waals surface area contributed by atoms with Gasteiger partial charge in [-0.1, -0.05) is 26.7 Å². The molecule has 16 heavy (non-hydrogen) atoms. The van der Waals surface area contributed by atoms with E-state index in [1.54, 1.807) is 0 Å². The van der Waals surface area contributed by atoms with Gasteiger partial charge >= 0.3 is 0 Å². The van der Waals surface area contributed by atoms with Gasteiger partial charge in [-0.25, -0.2) is 0 Å². The zero-order valence-electron chi connectivity index (χ0n) is 11.2. The minimum absolute atomic E-state index is 0. The summed E-state index contributed by atoms with van der Waals surface area (Å²) >= 11 is 0. The van der Waals surface area contributed by atoms with Crippen LogP contribution < -0.4 is 0 Å². The van der Waals surface area contributed by atoms with Crippen LogP contribution in [-0.2, 0) is 51.3 Å². The van der Waals surface area contributed by atoms with Crippen LogP contribution in [0.3, 0.4) is 0 Å². The first-order valence-electron chi connectivity index (χ1n) is 5.57. The average molecular weight is 339 g/mol. The summed E-state index contributed by atoms with van der Waals surface area (Å²) in [7, 11) is 4.05. The minimum Gasteiger partial charge on any atom is -0.665 e. The summed E-state index contributed by atoms with van der Waals surface area (Å²) < 4.78 is 0. The monoisotopic (exact) mass is 339 g/mol. The summed E-state index contributed by atoms with van der Waals surface area (Å²) in [5.41, 5.74) is 0. The predicted octanol–water partition coefficient (Wildman–Crippen LogP) is 2.48. The Labute approximate surface area is 139 Å². The van der Waals surface area contributed by atoms with Gasteiger partial charge in [-0.05, 0) is 20.1 Å². The molecule has 0 aromatic heterocycles. The average Bonchev–Trinajstić information content (AvgIpc) is 2.13. The Kier molecular flexibility index (Phi) is 23.5. The van der Waals surface area contributed by atoms with Crippen LogP contribution in [0.5, 0.6) is 0 Å². The summed E-state index contributed by atoms with van der Waals surface area (Å²) in [6, 6.07) is 0.485. The number of hydrogen-bond donors (Lipinski definition) is 0.